The highest BCUT2D eigenvalue weighted by Gasteiger charge is 2.35. The fourth-order valence-corrected chi connectivity index (χ4v) is 5.14. The summed E-state index contributed by atoms with van der Waals surface area (Å²) in [4.78, 5) is 27.3. The van der Waals surface area contributed by atoms with Gasteiger partial charge in [-0.3, -0.25) is 9.69 Å². The van der Waals surface area contributed by atoms with Crippen LogP contribution in [-0.4, -0.2) is 24.8 Å². The molecular formula is C26H27N3O3S. The number of ether oxygens (including phenoxy) is 1. The molecule has 4 rings (SSSR count). The van der Waals surface area contributed by atoms with Crippen LogP contribution in [-0.2, 0) is 4.79 Å². The number of para-hydroxylation sites is 1. The minimum absolute atomic E-state index is 0.0278. The fraction of sp³-hybridized carbons (Fsp3) is 0.231. The summed E-state index contributed by atoms with van der Waals surface area (Å²) in [5.74, 6) is 1.07. The molecule has 1 aliphatic rings. The molecule has 170 valence electrons. The van der Waals surface area contributed by atoms with Crippen LogP contribution in [0.5, 0.6) is 5.75 Å². The zero-order valence-electron chi connectivity index (χ0n) is 19.1. The largest absolute Gasteiger partial charge is 0.495 e. The Bertz CT molecular complexity index is 1190. The fourth-order valence-electron chi connectivity index (χ4n) is 3.98. The molecule has 1 aliphatic heterocycles. The number of anilines is 3. The minimum Gasteiger partial charge on any atom is -0.495 e. The maximum atomic E-state index is 12.8. The first kappa shape index (κ1) is 22.7. The normalized spacial score (nSPS) is 15.5. The molecule has 1 heterocycles. The van der Waals surface area contributed by atoms with Gasteiger partial charge in [-0.25, -0.2) is 4.79 Å². The van der Waals surface area contributed by atoms with Crippen LogP contribution in [0.25, 0.3) is 0 Å². The SMILES string of the molecule is COc1ccc(C)cc1N1C(=O)CSC1c1cccc(NC(=O)Nc2c(C)cccc2C)c1. The lowest BCUT2D eigenvalue weighted by molar-refractivity contribution is -0.115. The summed E-state index contributed by atoms with van der Waals surface area (Å²) < 4.78 is 5.53. The molecule has 0 bridgehead atoms. The first-order valence-corrected chi connectivity index (χ1v) is 11.7. The van der Waals surface area contributed by atoms with E-state index in [4.69, 9.17) is 4.74 Å². The van der Waals surface area contributed by atoms with Crippen molar-refractivity contribution in [2.75, 3.05) is 28.4 Å². The summed E-state index contributed by atoms with van der Waals surface area (Å²) in [6.07, 6.45) is 0. The smallest absolute Gasteiger partial charge is 0.323 e. The maximum absolute atomic E-state index is 12.8. The van der Waals surface area contributed by atoms with Gasteiger partial charge in [-0.2, -0.15) is 0 Å². The van der Waals surface area contributed by atoms with Crippen molar-refractivity contribution in [3.63, 3.8) is 0 Å². The molecule has 7 heteroatoms. The predicted octanol–water partition coefficient (Wildman–Crippen LogP) is 6.04. The van der Waals surface area contributed by atoms with E-state index in [1.54, 1.807) is 23.8 Å². The van der Waals surface area contributed by atoms with Crippen molar-refractivity contribution >= 4 is 40.8 Å². The van der Waals surface area contributed by atoms with Gasteiger partial charge in [-0.1, -0.05) is 36.4 Å². The second-order valence-electron chi connectivity index (χ2n) is 8.07. The molecule has 3 aromatic rings. The van der Waals surface area contributed by atoms with Crippen LogP contribution in [0.1, 0.15) is 27.6 Å². The van der Waals surface area contributed by atoms with Crippen molar-refractivity contribution in [3.8, 4) is 5.75 Å². The van der Waals surface area contributed by atoms with E-state index in [1.807, 2.05) is 81.4 Å². The molecule has 6 nitrogen and oxygen atoms in total. The van der Waals surface area contributed by atoms with E-state index in [0.29, 0.717) is 17.2 Å². The van der Waals surface area contributed by atoms with Crippen LogP contribution in [0.15, 0.2) is 60.7 Å². The third-order valence-electron chi connectivity index (χ3n) is 5.61. The standard InChI is InChI=1S/C26H27N3O3S/c1-16-11-12-22(32-4)21(13-16)29-23(30)15-33-25(29)19-9-6-10-20(14-19)27-26(31)28-24-17(2)7-5-8-18(24)3/h5-14,25H,15H2,1-4H3,(H2,27,28,31). The number of nitrogens with one attached hydrogen (secondary N) is 2. The van der Waals surface area contributed by atoms with Gasteiger partial charge in [0, 0.05) is 11.4 Å². The number of hydrogen-bond donors (Lipinski definition) is 2. The molecule has 0 saturated carbocycles. The molecule has 0 spiro atoms. The molecular weight excluding hydrogens is 434 g/mol. The minimum atomic E-state index is -0.308. The molecule has 2 N–H and O–H groups in total. The second-order valence-corrected chi connectivity index (χ2v) is 9.14. The molecule has 33 heavy (non-hydrogen) atoms. The molecule has 1 unspecified atom stereocenters. The van der Waals surface area contributed by atoms with Gasteiger partial charge < -0.3 is 15.4 Å². The van der Waals surface area contributed by atoms with Crippen molar-refractivity contribution < 1.29 is 14.3 Å². The highest BCUT2D eigenvalue weighted by molar-refractivity contribution is 8.00. The lowest BCUT2D eigenvalue weighted by atomic mass is 10.1. The Morgan fingerprint density at radius 1 is 1.00 bits per heavy atom. The molecule has 3 amide bonds. The van der Waals surface area contributed by atoms with Crippen LogP contribution < -0.4 is 20.3 Å². The molecule has 0 aliphatic carbocycles. The number of carbonyl (C=O) groups is 2. The lowest BCUT2D eigenvalue weighted by Gasteiger charge is -2.26. The number of methoxy groups -OCH3 is 1. The average molecular weight is 462 g/mol. The Hall–Kier alpha value is -3.45. The van der Waals surface area contributed by atoms with Gasteiger partial charge in [0.2, 0.25) is 5.91 Å². The quantitative estimate of drug-likeness (QED) is 0.486. The van der Waals surface area contributed by atoms with Crippen molar-refractivity contribution in [1.29, 1.82) is 0 Å². The Labute approximate surface area is 198 Å². The van der Waals surface area contributed by atoms with Crippen molar-refractivity contribution in [2.45, 2.75) is 26.1 Å². The van der Waals surface area contributed by atoms with Gasteiger partial charge in [-0.05, 0) is 67.3 Å². The second kappa shape index (κ2) is 9.58. The van der Waals surface area contributed by atoms with Gasteiger partial charge in [0.15, 0.2) is 0 Å². The van der Waals surface area contributed by atoms with E-state index in [0.717, 1.165) is 33.6 Å². The molecule has 1 fully saturated rings. The number of hydrogen-bond acceptors (Lipinski definition) is 4. The Balaban J connectivity index is 1.57. The van der Waals surface area contributed by atoms with Crippen LogP contribution >= 0.6 is 11.8 Å². The van der Waals surface area contributed by atoms with E-state index in [9.17, 15) is 9.59 Å². The van der Waals surface area contributed by atoms with Gasteiger partial charge in [0.1, 0.15) is 11.1 Å². The Morgan fingerprint density at radius 2 is 1.73 bits per heavy atom. The van der Waals surface area contributed by atoms with Crippen LogP contribution in [0.4, 0.5) is 21.9 Å². The highest BCUT2D eigenvalue weighted by Crippen LogP contribution is 2.45. The van der Waals surface area contributed by atoms with Crippen LogP contribution in [0.2, 0.25) is 0 Å². The van der Waals surface area contributed by atoms with Gasteiger partial charge in [0.05, 0.1) is 18.6 Å². The summed E-state index contributed by atoms with van der Waals surface area (Å²) in [6.45, 7) is 5.92. The third kappa shape index (κ3) is 4.83. The van der Waals surface area contributed by atoms with E-state index >= 15 is 0 Å². The number of urea groups is 1. The number of benzene rings is 3. The van der Waals surface area contributed by atoms with Crippen LogP contribution in [0, 0.1) is 20.8 Å². The number of amides is 3. The summed E-state index contributed by atoms with van der Waals surface area (Å²) >= 11 is 1.56. The Morgan fingerprint density at radius 3 is 2.45 bits per heavy atom. The topological polar surface area (TPSA) is 70.7 Å². The van der Waals surface area contributed by atoms with Gasteiger partial charge in [-0.15, -0.1) is 11.8 Å². The summed E-state index contributed by atoms with van der Waals surface area (Å²) in [5, 5.41) is 5.65. The number of nitrogens with zero attached hydrogens (tertiary/aromatic N) is 1. The predicted molar refractivity (Wildman–Crippen MR) is 135 cm³/mol. The van der Waals surface area contributed by atoms with E-state index in [1.165, 1.54) is 0 Å². The zero-order valence-corrected chi connectivity index (χ0v) is 20.0. The molecule has 0 aromatic heterocycles. The summed E-state index contributed by atoms with van der Waals surface area (Å²) in [5.41, 5.74) is 6.20. The van der Waals surface area contributed by atoms with Gasteiger partial charge >= 0.3 is 6.03 Å². The first-order chi connectivity index (χ1) is 15.9. The summed E-state index contributed by atoms with van der Waals surface area (Å²) in [6, 6.07) is 19.0. The molecule has 1 saturated heterocycles. The Kier molecular flexibility index (Phi) is 6.60. The molecule has 0 radical (unpaired) electrons. The third-order valence-corrected chi connectivity index (χ3v) is 6.82. The first-order valence-electron chi connectivity index (χ1n) is 10.7. The number of carbonyl (C=O) groups excluding carboxylic acids is 2. The highest BCUT2D eigenvalue weighted by atomic mass is 32.2. The van der Waals surface area contributed by atoms with Crippen molar-refractivity contribution in [2.24, 2.45) is 0 Å². The van der Waals surface area contributed by atoms with Crippen molar-refractivity contribution in [1.82, 2.24) is 0 Å². The van der Waals surface area contributed by atoms with Crippen molar-refractivity contribution in [3.05, 3.63) is 82.9 Å². The van der Waals surface area contributed by atoms with Crippen LogP contribution in [0.3, 0.4) is 0 Å². The van der Waals surface area contributed by atoms with Gasteiger partial charge in [0.25, 0.3) is 0 Å². The van der Waals surface area contributed by atoms with E-state index < -0.39 is 0 Å². The maximum Gasteiger partial charge on any atom is 0.323 e. The average Bonchev–Trinajstić information content (AvgIpc) is 3.18. The van der Waals surface area contributed by atoms with E-state index in [2.05, 4.69) is 10.6 Å². The number of thioether (sulfide) groups is 1. The molecule has 3 aromatic carbocycles. The molecule has 1 atom stereocenters. The monoisotopic (exact) mass is 461 g/mol. The lowest BCUT2D eigenvalue weighted by Crippen LogP contribution is -2.28. The number of rotatable bonds is 5. The van der Waals surface area contributed by atoms with E-state index in [-0.39, 0.29) is 17.3 Å². The zero-order chi connectivity index (χ0) is 23.5. The number of aryl methyl sites for hydroxylation is 3. The summed E-state index contributed by atoms with van der Waals surface area (Å²) in [7, 11) is 1.61.